The fourth-order valence-electron chi connectivity index (χ4n) is 8.60. The van der Waals surface area contributed by atoms with Gasteiger partial charge in [0.2, 0.25) is 11.9 Å². The van der Waals surface area contributed by atoms with Crippen LogP contribution in [0.2, 0.25) is 0 Å². The number of aromatic amines is 1. The van der Waals surface area contributed by atoms with E-state index in [2.05, 4.69) is 71.9 Å². The van der Waals surface area contributed by atoms with E-state index in [0.717, 1.165) is 41.1 Å². The number of likely N-dealkylation sites (N-methyl/N-ethyl adjacent to an activating group) is 1. The zero-order chi connectivity index (χ0) is 48.0. The Morgan fingerprint density at radius 1 is 1.03 bits per heavy atom. The fourth-order valence-corrected chi connectivity index (χ4v) is 8.95. The van der Waals surface area contributed by atoms with Crippen LogP contribution in [-0.4, -0.2) is 108 Å². The van der Waals surface area contributed by atoms with E-state index in [1.54, 1.807) is 30.8 Å². The number of hydrogen-bond acceptors (Lipinski definition) is 13. The van der Waals surface area contributed by atoms with E-state index < -0.39 is 17.5 Å². The van der Waals surface area contributed by atoms with E-state index in [0.29, 0.717) is 52.4 Å². The number of rotatable bonds is 15. The number of hydrogen-bond donors (Lipinski definition) is 4. The van der Waals surface area contributed by atoms with Crippen LogP contribution in [0.1, 0.15) is 65.5 Å². The summed E-state index contributed by atoms with van der Waals surface area (Å²) >= 11 is 3.63. The van der Waals surface area contributed by atoms with Crippen molar-refractivity contribution in [3.8, 4) is 17.0 Å². The maximum atomic E-state index is 15.3. The van der Waals surface area contributed by atoms with E-state index in [9.17, 15) is 9.59 Å². The van der Waals surface area contributed by atoms with Crippen LogP contribution < -0.4 is 30.9 Å². The molecule has 2 amide bonds. The van der Waals surface area contributed by atoms with Crippen molar-refractivity contribution in [1.29, 1.82) is 0 Å². The second-order valence-corrected chi connectivity index (χ2v) is 18.5. The fraction of sp³-hybridized carbons (Fsp3) is 0.333. The third-order valence-corrected chi connectivity index (χ3v) is 12.7. The second kappa shape index (κ2) is 18.9. The molecule has 20 heteroatoms. The third-order valence-electron chi connectivity index (χ3n) is 12.1. The molecule has 1 aliphatic heterocycles. The Morgan fingerprint density at radius 3 is 2.56 bits per heavy atom. The number of nitrogen functional groups attached to an aromatic ring is 1. The minimum absolute atomic E-state index is 0.0256. The topological polar surface area (TPSA) is 201 Å². The van der Waals surface area contributed by atoms with Gasteiger partial charge in [-0.15, -0.1) is 0 Å². The summed E-state index contributed by atoms with van der Waals surface area (Å²) in [5, 5.41) is 10.8. The number of H-pyrrole nitrogens is 1. The summed E-state index contributed by atoms with van der Waals surface area (Å²) in [4.78, 5) is 59.8. The van der Waals surface area contributed by atoms with Crippen molar-refractivity contribution in [3.63, 3.8) is 0 Å². The summed E-state index contributed by atoms with van der Waals surface area (Å²) in [5.74, 6) is -0.498. The first-order chi connectivity index (χ1) is 32.6. The minimum atomic E-state index is -0.728. The largest absolute Gasteiger partial charge is 0.486 e. The highest BCUT2D eigenvalue weighted by Crippen LogP contribution is 2.41. The Hall–Kier alpha value is -7.06. The molecule has 352 valence electrons. The zero-order valence-electron chi connectivity index (χ0n) is 38.3. The predicted octanol–water partition coefficient (Wildman–Crippen LogP) is 7.11. The molecule has 68 heavy (non-hydrogen) atoms. The second-order valence-electron chi connectivity index (χ2n) is 17.7. The van der Waals surface area contributed by atoms with E-state index in [4.69, 9.17) is 25.4 Å². The van der Waals surface area contributed by atoms with Crippen molar-refractivity contribution in [1.82, 2.24) is 49.7 Å². The van der Waals surface area contributed by atoms with Gasteiger partial charge in [-0.1, -0.05) is 18.7 Å². The standard InChI is InChI=1S/C48H51BrF2N14O3/c1-25-7-12-37-39(15-25)58-40(57-37)23-64(48-61-47(60-44-35(49)19-55-65(44)48)63-21-27(3)56-28(4)22-63)20-26(2)46(67)62(6)13-14-68-42-41(53-24-54-43(42)52)34-17-32(50)18-38(29(34)5)59-45(66)33-11-10-31(16-36(33)51)30-8-9-30/h7,10-12,15-19,24,27-28,30,56H,2,8-9,13-14,20-23H2,1,3-6H3,(H,57,58)(H,59,66)(H2,52,53,54)/t27-,28+. The molecule has 5 heterocycles. The zero-order valence-corrected chi connectivity index (χ0v) is 39.9. The highest BCUT2D eigenvalue weighted by atomic mass is 79.9. The molecule has 0 bridgehead atoms. The molecule has 2 fully saturated rings. The van der Waals surface area contributed by atoms with Crippen LogP contribution in [0.5, 0.6) is 5.75 Å². The molecule has 7 aromatic rings. The van der Waals surface area contributed by atoms with Crippen molar-refractivity contribution in [3.05, 3.63) is 117 Å². The molecule has 17 nitrogen and oxygen atoms in total. The quantitative estimate of drug-likeness (QED) is 0.0759. The monoisotopic (exact) mass is 988 g/mol. The molecule has 5 N–H and O–H groups in total. The maximum Gasteiger partial charge on any atom is 0.258 e. The van der Waals surface area contributed by atoms with Crippen LogP contribution in [0.3, 0.4) is 0 Å². The van der Waals surface area contributed by atoms with Gasteiger partial charge in [-0.25, -0.2) is 23.7 Å². The number of benzene rings is 3. The van der Waals surface area contributed by atoms with Gasteiger partial charge in [0.25, 0.3) is 11.8 Å². The van der Waals surface area contributed by atoms with Gasteiger partial charge in [0, 0.05) is 49.0 Å². The van der Waals surface area contributed by atoms with Crippen molar-refractivity contribution < 1.29 is 23.1 Å². The molecule has 9 rings (SSSR count). The van der Waals surface area contributed by atoms with E-state index in [-0.39, 0.29) is 83.9 Å². The first kappa shape index (κ1) is 46.1. The highest BCUT2D eigenvalue weighted by molar-refractivity contribution is 9.10. The highest BCUT2D eigenvalue weighted by Gasteiger charge is 2.29. The van der Waals surface area contributed by atoms with Crippen LogP contribution >= 0.6 is 15.9 Å². The number of fused-ring (bicyclic) bond motifs is 2. The van der Waals surface area contributed by atoms with Crippen molar-refractivity contribution >= 4 is 67.8 Å². The van der Waals surface area contributed by atoms with Crippen LogP contribution in [0, 0.1) is 25.5 Å². The summed E-state index contributed by atoms with van der Waals surface area (Å²) in [7, 11) is 1.63. The smallest absolute Gasteiger partial charge is 0.258 e. The molecule has 0 radical (unpaired) electrons. The SMILES string of the molecule is C=C(CN(Cc1nc2ccc(C)cc2[nH]1)c1nc(N2C[C@@H](C)N[C@@H](C)C2)nc2c(Br)cnn12)C(=O)N(C)CCOc1c(N)ncnc1-c1cc(F)cc(NC(=O)c2ccc(C3CC3)cc2F)c1C. The number of nitrogens with zero attached hydrogens (tertiary/aromatic N) is 10. The Morgan fingerprint density at radius 2 is 1.81 bits per heavy atom. The van der Waals surface area contributed by atoms with Gasteiger partial charge in [-0.2, -0.15) is 19.6 Å². The summed E-state index contributed by atoms with van der Waals surface area (Å²) < 4.78 is 38.8. The van der Waals surface area contributed by atoms with E-state index in [1.807, 2.05) is 30.0 Å². The number of carbonyl (C=O) groups is 2. The minimum Gasteiger partial charge on any atom is -0.486 e. The molecule has 2 atom stereocenters. The number of nitrogens with two attached hydrogens (primary N) is 1. The van der Waals surface area contributed by atoms with Gasteiger partial charge in [0.05, 0.1) is 46.9 Å². The van der Waals surface area contributed by atoms with Crippen LogP contribution in [0.4, 0.5) is 32.2 Å². The van der Waals surface area contributed by atoms with E-state index in [1.165, 1.54) is 29.4 Å². The van der Waals surface area contributed by atoms with Crippen LogP contribution in [-0.2, 0) is 11.3 Å². The number of aromatic nitrogens is 8. The summed E-state index contributed by atoms with van der Waals surface area (Å²) in [6, 6.07) is 13.4. The number of carbonyl (C=O) groups excluding carboxylic acids is 2. The van der Waals surface area contributed by atoms with Crippen molar-refractivity contribution in [2.75, 3.05) is 60.7 Å². The lowest BCUT2D eigenvalue weighted by Crippen LogP contribution is -2.54. The number of anilines is 4. The summed E-state index contributed by atoms with van der Waals surface area (Å²) in [5.41, 5.74) is 11.5. The lowest BCUT2D eigenvalue weighted by molar-refractivity contribution is -0.126. The molecule has 0 unspecified atom stereocenters. The number of nitrogens with one attached hydrogen (secondary N) is 3. The predicted molar refractivity (Wildman–Crippen MR) is 260 cm³/mol. The molecule has 0 spiro atoms. The number of halogens is 3. The third kappa shape index (κ3) is 9.68. The van der Waals surface area contributed by atoms with Gasteiger partial charge >= 0.3 is 0 Å². The van der Waals surface area contributed by atoms with Crippen LogP contribution in [0.25, 0.3) is 27.9 Å². The number of piperazine rings is 1. The molecule has 1 saturated heterocycles. The first-order valence-corrected chi connectivity index (χ1v) is 23.1. The lowest BCUT2D eigenvalue weighted by atomic mass is 10.0. The van der Waals surface area contributed by atoms with Gasteiger partial charge in [0.15, 0.2) is 17.2 Å². The average molecular weight is 990 g/mol. The lowest BCUT2D eigenvalue weighted by Gasteiger charge is -2.36. The van der Waals surface area contributed by atoms with Crippen molar-refractivity contribution in [2.24, 2.45) is 0 Å². The molecule has 1 aliphatic carbocycles. The van der Waals surface area contributed by atoms with Gasteiger partial charge < -0.3 is 40.8 Å². The van der Waals surface area contributed by atoms with Gasteiger partial charge in [0.1, 0.15) is 36.1 Å². The van der Waals surface area contributed by atoms with Gasteiger partial charge in [-0.05, 0) is 115 Å². The molecule has 1 saturated carbocycles. The molecule has 3 aromatic carbocycles. The number of amides is 2. The Labute approximate surface area is 399 Å². The number of aryl methyl sites for hydroxylation is 1. The van der Waals surface area contributed by atoms with Gasteiger partial charge in [-0.3, -0.25) is 9.59 Å². The average Bonchev–Trinajstić information content (AvgIpc) is 3.98. The van der Waals surface area contributed by atoms with Crippen molar-refractivity contribution in [2.45, 2.75) is 65.1 Å². The Balaban J connectivity index is 0.931. The molecular weight excluding hydrogens is 939 g/mol. The number of imidazole rings is 1. The molecule has 2 aliphatic rings. The maximum absolute atomic E-state index is 15.3. The molecular formula is C48H51BrF2N14O3. The number of ether oxygens (including phenoxy) is 1. The van der Waals surface area contributed by atoms with Crippen LogP contribution in [0.15, 0.2) is 77.7 Å². The molecule has 4 aromatic heterocycles. The van der Waals surface area contributed by atoms with E-state index >= 15 is 8.78 Å². The normalized spacial score (nSPS) is 16.0. The Kier molecular flexibility index (Phi) is 12.8. The summed E-state index contributed by atoms with van der Waals surface area (Å²) in [6.07, 6.45) is 4.86. The first-order valence-electron chi connectivity index (χ1n) is 22.3. The summed E-state index contributed by atoms with van der Waals surface area (Å²) in [6.45, 7) is 13.8. The Bertz CT molecular complexity index is 3090.